The predicted molar refractivity (Wildman–Crippen MR) is 71.2 cm³/mol. The van der Waals surface area contributed by atoms with Crippen molar-refractivity contribution in [3.05, 3.63) is 23.8 Å². The van der Waals surface area contributed by atoms with Crippen LogP contribution < -0.4 is 9.46 Å². The number of hydrogen-bond donors (Lipinski definition) is 3. The van der Waals surface area contributed by atoms with Crippen molar-refractivity contribution in [1.29, 1.82) is 0 Å². The van der Waals surface area contributed by atoms with Gasteiger partial charge in [0.25, 0.3) is 0 Å². The number of aliphatic carboxylic acids is 1. The summed E-state index contributed by atoms with van der Waals surface area (Å²) in [6.07, 6.45) is -1.80. The molecule has 7 nitrogen and oxygen atoms in total. The van der Waals surface area contributed by atoms with E-state index in [1.807, 2.05) is 4.72 Å². The Bertz CT molecular complexity index is 584. The Kier molecular flexibility index (Phi) is 5.49. The van der Waals surface area contributed by atoms with Crippen LogP contribution in [0, 0.1) is 6.92 Å². The highest BCUT2D eigenvalue weighted by molar-refractivity contribution is 7.89. The molecule has 0 saturated heterocycles. The van der Waals surface area contributed by atoms with Crippen LogP contribution in [0.1, 0.15) is 12.5 Å². The molecule has 0 heterocycles. The Morgan fingerprint density at radius 1 is 1.45 bits per heavy atom. The number of carboxylic acids is 1. The number of hydrogen-bond acceptors (Lipinski definition) is 5. The molecular formula is C12H17NO6S. The molecule has 0 saturated carbocycles. The average Bonchev–Trinajstić information content (AvgIpc) is 2.38. The van der Waals surface area contributed by atoms with Crippen molar-refractivity contribution in [2.45, 2.75) is 24.8 Å². The highest BCUT2D eigenvalue weighted by atomic mass is 32.2. The van der Waals surface area contributed by atoms with Gasteiger partial charge in [-0.05, 0) is 31.5 Å². The molecule has 0 spiro atoms. The molecule has 0 aliphatic heterocycles. The van der Waals surface area contributed by atoms with E-state index in [-0.39, 0.29) is 10.6 Å². The fourth-order valence-electron chi connectivity index (χ4n) is 1.45. The molecule has 1 atom stereocenters. The van der Waals surface area contributed by atoms with Gasteiger partial charge in [-0.2, -0.15) is 0 Å². The number of aryl methyl sites for hydroxylation is 1. The quantitative estimate of drug-likeness (QED) is 0.659. The summed E-state index contributed by atoms with van der Waals surface area (Å²) in [5, 5.41) is 17.6. The van der Waals surface area contributed by atoms with Gasteiger partial charge in [0.05, 0.1) is 6.61 Å². The highest BCUT2D eigenvalue weighted by Gasteiger charge is 2.22. The number of carboxylic acid groups (broad SMARTS) is 1. The van der Waals surface area contributed by atoms with Crippen LogP contribution in [0.2, 0.25) is 0 Å². The van der Waals surface area contributed by atoms with E-state index in [1.54, 1.807) is 19.9 Å². The first-order valence-electron chi connectivity index (χ1n) is 5.92. The zero-order chi connectivity index (χ0) is 15.3. The van der Waals surface area contributed by atoms with Crippen molar-refractivity contribution in [2.75, 3.05) is 13.2 Å². The van der Waals surface area contributed by atoms with Gasteiger partial charge in [0.2, 0.25) is 10.0 Å². The van der Waals surface area contributed by atoms with Crippen LogP contribution in [0.3, 0.4) is 0 Å². The Balaban J connectivity index is 3.02. The third kappa shape index (κ3) is 4.19. The van der Waals surface area contributed by atoms with E-state index in [9.17, 15) is 13.2 Å². The Labute approximate surface area is 117 Å². The lowest BCUT2D eigenvalue weighted by atomic mass is 10.2. The summed E-state index contributed by atoms with van der Waals surface area (Å²) in [6.45, 7) is 3.12. The van der Waals surface area contributed by atoms with Gasteiger partial charge in [-0.3, -0.25) is 0 Å². The summed E-state index contributed by atoms with van der Waals surface area (Å²) in [5.41, 5.74) is 0.715. The van der Waals surface area contributed by atoms with E-state index in [4.69, 9.17) is 14.9 Å². The number of aliphatic hydroxyl groups excluding tert-OH is 1. The van der Waals surface area contributed by atoms with E-state index in [2.05, 4.69) is 0 Å². The van der Waals surface area contributed by atoms with Crippen LogP contribution in [-0.4, -0.2) is 43.9 Å². The van der Waals surface area contributed by atoms with Gasteiger partial charge in [0.1, 0.15) is 10.6 Å². The molecule has 0 aliphatic carbocycles. The van der Waals surface area contributed by atoms with Crippen molar-refractivity contribution in [3.8, 4) is 5.75 Å². The van der Waals surface area contributed by atoms with Gasteiger partial charge in [-0.1, -0.05) is 6.07 Å². The van der Waals surface area contributed by atoms with Crippen LogP contribution in [-0.2, 0) is 14.8 Å². The standard InChI is InChI=1S/C12H17NO6S/c1-3-19-10-5-4-8(2)6-11(10)20(17,18)13-7-9(14)12(15)16/h4-6,9,13-14H,3,7H2,1-2H3,(H,15,16). The van der Waals surface area contributed by atoms with Crippen LogP contribution >= 0.6 is 0 Å². The van der Waals surface area contributed by atoms with Crippen molar-refractivity contribution >= 4 is 16.0 Å². The van der Waals surface area contributed by atoms with Gasteiger partial charge in [0, 0.05) is 6.54 Å². The van der Waals surface area contributed by atoms with Gasteiger partial charge >= 0.3 is 5.97 Å². The molecule has 0 fully saturated rings. The molecule has 0 radical (unpaired) electrons. The minimum Gasteiger partial charge on any atom is -0.492 e. The van der Waals surface area contributed by atoms with Crippen LogP contribution in [0.25, 0.3) is 0 Å². The molecule has 20 heavy (non-hydrogen) atoms. The second kappa shape index (κ2) is 6.69. The molecular weight excluding hydrogens is 286 g/mol. The van der Waals surface area contributed by atoms with E-state index in [0.29, 0.717) is 12.2 Å². The molecule has 112 valence electrons. The Hall–Kier alpha value is -1.64. The maximum Gasteiger partial charge on any atom is 0.333 e. The minimum absolute atomic E-state index is 0.0862. The summed E-state index contributed by atoms with van der Waals surface area (Å²) < 4.78 is 31.5. The van der Waals surface area contributed by atoms with E-state index >= 15 is 0 Å². The van der Waals surface area contributed by atoms with Crippen LogP contribution in [0.15, 0.2) is 23.1 Å². The number of sulfonamides is 1. The first kappa shape index (κ1) is 16.4. The molecule has 3 N–H and O–H groups in total. The molecule has 0 aromatic heterocycles. The predicted octanol–water partition coefficient (Wildman–Crippen LogP) is 0.118. The third-order valence-corrected chi connectivity index (χ3v) is 3.89. The Morgan fingerprint density at radius 2 is 2.10 bits per heavy atom. The second-order valence-electron chi connectivity index (χ2n) is 4.09. The van der Waals surface area contributed by atoms with Crippen molar-refractivity contribution < 1.29 is 28.2 Å². The fourth-order valence-corrected chi connectivity index (χ4v) is 2.72. The summed E-state index contributed by atoms with van der Waals surface area (Å²) in [5.74, 6) is -1.32. The van der Waals surface area contributed by atoms with Gasteiger partial charge in [0.15, 0.2) is 6.10 Å². The molecule has 1 aromatic rings. The molecule has 0 aliphatic rings. The monoisotopic (exact) mass is 303 g/mol. The van der Waals surface area contributed by atoms with Crippen LogP contribution in [0.4, 0.5) is 0 Å². The first-order valence-corrected chi connectivity index (χ1v) is 7.40. The number of aliphatic hydroxyl groups is 1. The Morgan fingerprint density at radius 3 is 2.65 bits per heavy atom. The number of benzene rings is 1. The number of nitrogens with one attached hydrogen (secondary N) is 1. The summed E-state index contributed by atoms with van der Waals surface area (Å²) in [6, 6.07) is 4.65. The SMILES string of the molecule is CCOc1ccc(C)cc1S(=O)(=O)NCC(O)C(=O)O. The highest BCUT2D eigenvalue weighted by Crippen LogP contribution is 2.24. The maximum absolute atomic E-state index is 12.1. The summed E-state index contributed by atoms with van der Waals surface area (Å²) in [4.78, 5) is 10.4. The maximum atomic E-state index is 12.1. The lowest BCUT2D eigenvalue weighted by molar-refractivity contribution is -0.146. The number of rotatable bonds is 7. The van der Waals surface area contributed by atoms with Crippen LogP contribution in [0.5, 0.6) is 5.75 Å². The average molecular weight is 303 g/mol. The smallest absolute Gasteiger partial charge is 0.333 e. The summed E-state index contributed by atoms with van der Waals surface area (Å²) >= 11 is 0. The second-order valence-corrected chi connectivity index (χ2v) is 5.82. The minimum atomic E-state index is -3.96. The zero-order valence-corrected chi connectivity index (χ0v) is 12.0. The lowest BCUT2D eigenvalue weighted by Gasteiger charge is -2.13. The van der Waals surface area contributed by atoms with Gasteiger partial charge in [-0.25, -0.2) is 17.9 Å². The first-order chi connectivity index (χ1) is 9.27. The molecule has 8 heteroatoms. The third-order valence-electron chi connectivity index (χ3n) is 2.44. The van der Waals surface area contributed by atoms with E-state index < -0.39 is 28.6 Å². The zero-order valence-electron chi connectivity index (χ0n) is 11.2. The molecule has 0 amide bonds. The number of carbonyl (C=O) groups is 1. The fraction of sp³-hybridized carbons (Fsp3) is 0.417. The topological polar surface area (TPSA) is 113 Å². The molecule has 1 aromatic carbocycles. The van der Waals surface area contributed by atoms with Gasteiger partial charge < -0.3 is 14.9 Å². The largest absolute Gasteiger partial charge is 0.492 e. The normalized spacial score (nSPS) is 12.9. The van der Waals surface area contributed by atoms with E-state index in [0.717, 1.165) is 0 Å². The van der Waals surface area contributed by atoms with E-state index in [1.165, 1.54) is 12.1 Å². The summed E-state index contributed by atoms with van der Waals surface area (Å²) in [7, 11) is -3.96. The molecule has 1 rings (SSSR count). The van der Waals surface area contributed by atoms with Crippen molar-refractivity contribution in [1.82, 2.24) is 4.72 Å². The van der Waals surface area contributed by atoms with Gasteiger partial charge in [-0.15, -0.1) is 0 Å². The van der Waals surface area contributed by atoms with Crippen molar-refractivity contribution in [3.63, 3.8) is 0 Å². The lowest BCUT2D eigenvalue weighted by Crippen LogP contribution is -2.36. The number of ether oxygens (including phenoxy) is 1. The molecule has 0 bridgehead atoms. The van der Waals surface area contributed by atoms with Crippen molar-refractivity contribution in [2.24, 2.45) is 0 Å². The molecule has 1 unspecified atom stereocenters.